The minimum atomic E-state index is -5.08. The first-order chi connectivity index (χ1) is 21.3. The summed E-state index contributed by atoms with van der Waals surface area (Å²) in [6, 6.07) is 11.0. The van der Waals surface area contributed by atoms with Crippen molar-refractivity contribution >= 4 is 31.8 Å². The second kappa shape index (κ2) is 13.9. The van der Waals surface area contributed by atoms with E-state index < -0.39 is 32.3 Å². The number of halogens is 3. The lowest BCUT2D eigenvalue weighted by Gasteiger charge is -2.22. The summed E-state index contributed by atoms with van der Waals surface area (Å²) in [6.07, 6.45) is -1.67. The highest BCUT2D eigenvalue weighted by Gasteiger charge is 2.41. The number of amides is 1. The Morgan fingerprint density at radius 2 is 1.39 bits per heavy atom. The number of anilines is 1. The minimum Gasteiger partial charge on any atom is -0.496 e. The summed E-state index contributed by atoms with van der Waals surface area (Å²) in [5.74, 6) is -2.59. The third-order valence-corrected chi connectivity index (χ3v) is 7.13. The number of benzene rings is 3. The summed E-state index contributed by atoms with van der Waals surface area (Å²) in [5, 5.41) is 0. The average Bonchev–Trinajstić information content (AvgIpc) is 2.94. The number of hydrogen-bond acceptors (Lipinski definition) is 10. The molecule has 0 heterocycles. The Kier molecular flexibility index (Phi) is 10.9. The predicted octanol–water partition coefficient (Wildman–Crippen LogP) is 5.58. The minimum absolute atomic E-state index is 0.0369. The second-order valence-electron chi connectivity index (χ2n) is 10.1. The van der Waals surface area contributed by atoms with Gasteiger partial charge in [-0.2, -0.15) is 30.0 Å². The number of hydrogen-bond donors (Lipinski definition) is 0. The summed E-state index contributed by atoms with van der Waals surface area (Å²) >= 11 is 0. The molecule has 0 unspecified atom stereocenters. The first-order valence-electron chi connectivity index (χ1n) is 13.2. The number of ether oxygens (including phenoxy) is 3. The molecule has 16 heteroatoms. The van der Waals surface area contributed by atoms with Crippen molar-refractivity contribution in [1.82, 2.24) is 0 Å². The van der Waals surface area contributed by atoms with Crippen LogP contribution in [0.1, 0.15) is 13.8 Å². The van der Waals surface area contributed by atoms with Gasteiger partial charge in [-0.15, -0.1) is 0 Å². The van der Waals surface area contributed by atoms with E-state index in [-0.39, 0.29) is 57.7 Å². The predicted molar refractivity (Wildman–Crippen MR) is 166 cm³/mol. The van der Waals surface area contributed by atoms with Crippen molar-refractivity contribution in [2.75, 3.05) is 45.3 Å². The number of methoxy groups -OCH3 is 2. The van der Waals surface area contributed by atoms with Crippen LogP contribution in [0.4, 0.5) is 18.9 Å². The Morgan fingerprint density at radius 3 is 1.89 bits per heavy atom. The van der Waals surface area contributed by atoms with Crippen LogP contribution >= 0.6 is 0 Å². The Hall–Kier alpha value is -4.44. The van der Waals surface area contributed by atoms with Crippen molar-refractivity contribution < 1.29 is 57.4 Å². The molecule has 0 aliphatic heterocycles. The molecule has 0 spiro atoms. The van der Waals surface area contributed by atoms with Crippen molar-refractivity contribution in [3.05, 3.63) is 60.2 Å². The maximum absolute atomic E-state index is 12.9. The van der Waals surface area contributed by atoms with Gasteiger partial charge in [-0.1, -0.05) is 23.8 Å². The van der Waals surface area contributed by atoms with Crippen LogP contribution in [0.5, 0.6) is 28.7 Å². The molecule has 1 amide bonds. The highest BCUT2D eigenvalue weighted by molar-refractivity contribution is 7.86. The maximum Gasteiger partial charge on any atom is 0.471 e. The van der Waals surface area contributed by atoms with E-state index in [9.17, 15) is 34.8 Å². The van der Waals surface area contributed by atoms with E-state index in [4.69, 9.17) is 22.6 Å². The molecule has 0 saturated carbocycles. The molecular formula is C30H32F3NO10S2. The molecule has 11 nitrogen and oxygen atoms in total. The van der Waals surface area contributed by atoms with Crippen LogP contribution in [0.2, 0.25) is 0 Å². The first kappa shape index (κ1) is 36.0. The zero-order chi connectivity index (χ0) is 34.6. The number of alkyl halides is 3. The van der Waals surface area contributed by atoms with Crippen molar-refractivity contribution in [2.45, 2.75) is 20.0 Å². The molecule has 3 rings (SSSR count). The van der Waals surface area contributed by atoms with Gasteiger partial charge < -0.3 is 27.5 Å². The van der Waals surface area contributed by atoms with Crippen LogP contribution in [0.25, 0.3) is 22.3 Å². The molecule has 0 saturated heterocycles. The average molecular weight is 688 g/mol. The van der Waals surface area contributed by atoms with Crippen LogP contribution in [-0.4, -0.2) is 69.3 Å². The topological polar surface area (TPSA) is 135 Å². The Labute approximate surface area is 265 Å². The standard InChI is InChI=1S/C30H32F3NO10S2/c1-18(2)14-15-42-23-13-10-20(16-24(23)43-45(6,36)37)26-25(40-4)17-22(27(41-5)28(26)44-46(7,38)39)19-8-11-21(12-9-19)34(3)29(35)30(31,32)33/h8-14,16-17H,15H2,1-7H3. The molecule has 0 fully saturated rings. The first-order valence-corrected chi connectivity index (χ1v) is 16.8. The summed E-state index contributed by atoms with van der Waals surface area (Å²) in [4.78, 5) is 12.1. The van der Waals surface area contributed by atoms with Crippen LogP contribution in [-0.2, 0) is 25.0 Å². The number of allylic oxidation sites excluding steroid dienone is 1. The summed E-state index contributed by atoms with van der Waals surface area (Å²) in [6.45, 7) is 3.82. The quantitative estimate of drug-likeness (QED) is 0.175. The van der Waals surface area contributed by atoms with E-state index in [2.05, 4.69) is 0 Å². The van der Waals surface area contributed by atoms with Crippen LogP contribution in [0.15, 0.2) is 60.2 Å². The molecule has 0 aliphatic carbocycles. The Balaban J connectivity index is 2.28. The third kappa shape index (κ3) is 9.06. The highest BCUT2D eigenvalue weighted by atomic mass is 32.2. The number of carbonyl (C=O) groups excluding carboxylic acids is 1. The summed E-state index contributed by atoms with van der Waals surface area (Å²) in [7, 11) is -4.74. The SMILES string of the molecule is COc1cc(-c2ccc(N(C)C(=O)C(F)(F)F)cc2)c(OC)c(OS(C)(=O)=O)c1-c1ccc(OCC=C(C)C)c(OS(C)(=O)=O)c1. The van der Waals surface area contributed by atoms with Crippen LogP contribution < -0.4 is 27.5 Å². The maximum atomic E-state index is 12.9. The zero-order valence-corrected chi connectivity index (χ0v) is 27.5. The van der Waals surface area contributed by atoms with Gasteiger partial charge in [0.05, 0.1) is 32.3 Å². The molecule has 0 aromatic heterocycles. The molecule has 250 valence electrons. The van der Waals surface area contributed by atoms with E-state index >= 15 is 0 Å². The fraction of sp³-hybridized carbons (Fsp3) is 0.300. The van der Waals surface area contributed by atoms with E-state index in [1.165, 1.54) is 62.8 Å². The molecule has 0 bridgehead atoms. The highest BCUT2D eigenvalue weighted by Crippen LogP contribution is 2.51. The normalized spacial score (nSPS) is 11.8. The van der Waals surface area contributed by atoms with Crippen molar-refractivity contribution in [1.29, 1.82) is 0 Å². The molecule has 3 aromatic rings. The third-order valence-electron chi connectivity index (χ3n) is 6.18. The van der Waals surface area contributed by atoms with Gasteiger partial charge in [-0.05, 0) is 61.4 Å². The number of carbonyl (C=O) groups is 1. The molecule has 0 radical (unpaired) electrons. The van der Waals surface area contributed by atoms with E-state index in [1.807, 2.05) is 13.8 Å². The molecule has 46 heavy (non-hydrogen) atoms. The van der Waals surface area contributed by atoms with Gasteiger partial charge in [-0.3, -0.25) is 4.79 Å². The smallest absolute Gasteiger partial charge is 0.471 e. The van der Waals surface area contributed by atoms with E-state index in [0.29, 0.717) is 10.5 Å². The monoisotopic (exact) mass is 687 g/mol. The number of nitrogens with zero attached hydrogens (tertiary/aromatic N) is 1. The second-order valence-corrected chi connectivity index (χ2v) is 13.3. The summed E-state index contributed by atoms with van der Waals surface area (Å²) in [5.41, 5.74) is 1.67. The number of rotatable bonds is 12. The fourth-order valence-corrected chi connectivity index (χ4v) is 5.10. The van der Waals surface area contributed by atoms with Gasteiger partial charge in [0.25, 0.3) is 0 Å². The van der Waals surface area contributed by atoms with E-state index in [0.717, 1.165) is 25.1 Å². The van der Waals surface area contributed by atoms with Gasteiger partial charge in [-0.25, -0.2) is 0 Å². The van der Waals surface area contributed by atoms with Gasteiger partial charge in [0.1, 0.15) is 12.4 Å². The largest absolute Gasteiger partial charge is 0.496 e. The summed E-state index contributed by atoms with van der Waals surface area (Å²) < 4.78 is 115. The fourth-order valence-electron chi connectivity index (χ4n) is 4.18. The lowest BCUT2D eigenvalue weighted by Crippen LogP contribution is -2.38. The van der Waals surface area contributed by atoms with Gasteiger partial charge in [0.2, 0.25) is 0 Å². The molecule has 0 atom stereocenters. The van der Waals surface area contributed by atoms with Crippen molar-refractivity contribution in [3.63, 3.8) is 0 Å². The molecule has 0 N–H and O–H groups in total. The zero-order valence-electron chi connectivity index (χ0n) is 25.9. The van der Waals surface area contributed by atoms with Crippen LogP contribution in [0.3, 0.4) is 0 Å². The van der Waals surface area contributed by atoms with E-state index in [1.54, 1.807) is 6.08 Å². The molecular weight excluding hydrogens is 655 g/mol. The lowest BCUT2D eigenvalue weighted by atomic mass is 9.96. The molecule has 3 aromatic carbocycles. The lowest BCUT2D eigenvalue weighted by molar-refractivity contribution is -0.170. The Bertz CT molecular complexity index is 1850. The molecule has 0 aliphatic rings. The van der Waals surface area contributed by atoms with Gasteiger partial charge in [0.15, 0.2) is 23.0 Å². The van der Waals surface area contributed by atoms with Crippen molar-refractivity contribution in [3.8, 4) is 51.0 Å². The Morgan fingerprint density at radius 1 is 0.804 bits per heavy atom. The van der Waals surface area contributed by atoms with Crippen molar-refractivity contribution in [2.24, 2.45) is 0 Å². The van der Waals surface area contributed by atoms with Gasteiger partial charge in [0, 0.05) is 18.3 Å². The van der Waals surface area contributed by atoms with Crippen LogP contribution in [0, 0.1) is 0 Å². The van der Waals surface area contributed by atoms with Gasteiger partial charge >= 0.3 is 32.3 Å².